The average Bonchev–Trinajstić information content (AvgIpc) is 2.37. The molecule has 0 saturated carbocycles. The number of hydrogen-bond acceptors (Lipinski definition) is 2. The van der Waals surface area contributed by atoms with Gasteiger partial charge in [-0.25, -0.2) is 8.78 Å². The number of rotatable bonds is 6. The first-order valence-electron chi connectivity index (χ1n) is 7.22. The van der Waals surface area contributed by atoms with Crippen LogP contribution in [0.1, 0.15) is 38.1 Å². The maximum absolute atomic E-state index is 13.6. The van der Waals surface area contributed by atoms with Gasteiger partial charge in [-0.2, -0.15) is 0 Å². The summed E-state index contributed by atoms with van der Waals surface area (Å²) in [5, 5.41) is 5.19. The standard InChI is InChI=1S/C16H24F2N2O/c1-9(2)12(10(3)4)8-20-16(21)11-6-13(17)15(19-5)14(18)7-11/h6-7,9-10,12,19H,8H2,1-5H3,(H,20,21). The Morgan fingerprint density at radius 1 is 1.10 bits per heavy atom. The van der Waals surface area contributed by atoms with Gasteiger partial charge in [-0.05, 0) is 29.9 Å². The smallest absolute Gasteiger partial charge is 0.251 e. The van der Waals surface area contributed by atoms with Crippen LogP contribution in [0.2, 0.25) is 0 Å². The first kappa shape index (κ1) is 17.4. The van der Waals surface area contributed by atoms with Crippen LogP contribution in [0.3, 0.4) is 0 Å². The van der Waals surface area contributed by atoms with Gasteiger partial charge >= 0.3 is 0 Å². The van der Waals surface area contributed by atoms with Crippen molar-refractivity contribution in [1.82, 2.24) is 5.32 Å². The Balaban J connectivity index is 2.81. The van der Waals surface area contributed by atoms with Crippen LogP contribution in [0, 0.1) is 29.4 Å². The molecule has 0 spiro atoms. The minimum Gasteiger partial charge on any atom is -0.383 e. The number of carbonyl (C=O) groups is 1. The zero-order chi connectivity index (χ0) is 16.2. The molecule has 1 amide bonds. The van der Waals surface area contributed by atoms with Gasteiger partial charge in [0.1, 0.15) is 17.3 Å². The van der Waals surface area contributed by atoms with E-state index in [4.69, 9.17) is 0 Å². The average molecular weight is 298 g/mol. The quantitative estimate of drug-likeness (QED) is 0.841. The van der Waals surface area contributed by atoms with Crippen LogP contribution < -0.4 is 10.6 Å². The number of anilines is 1. The van der Waals surface area contributed by atoms with Gasteiger partial charge in [-0.15, -0.1) is 0 Å². The molecule has 1 aromatic rings. The van der Waals surface area contributed by atoms with Gasteiger partial charge < -0.3 is 10.6 Å². The van der Waals surface area contributed by atoms with Gasteiger partial charge in [-0.1, -0.05) is 27.7 Å². The maximum Gasteiger partial charge on any atom is 0.251 e. The second-order valence-electron chi connectivity index (χ2n) is 5.93. The molecule has 1 aromatic carbocycles. The molecule has 0 unspecified atom stereocenters. The summed E-state index contributed by atoms with van der Waals surface area (Å²) in [7, 11) is 1.43. The van der Waals surface area contributed by atoms with Crippen molar-refractivity contribution in [2.24, 2.45) is 17.8 Å². The number of hydrogen-bond donors (Lipinski definition) is 2. The molecule has 0 aliphatic heterocycles. The van der Waals surface area contributed by atoms with E-state index < -0.39 is 17.5 Å². The van der Waals surface area contributed by atoms with Gasteiger partial charge in [0.05, 0.1) is 0 Å². The molecule has 0 heterocycles. The predicted octanol–water partition coefficient (Wildman–Crippen LogP) is 3.66. The monoisotopic (exact) mass is 298 g/mol. The maximum atomic E-state index is 13.6. The zero-order valence-corrected chi connectivity index (χ0v) is 13.3. The molecule has 21 heavy (non-hydrogen) atoms. The second kappa shape index (κ2) is 7.38. The number of amides is 1. The van der Waals surface area contributed by atoms with Crippen LogP contribution in [0.4, 0.5) is 14.5 Å². The Morgan fingerprint density at radius 2 is 1.57 bits per heavy atom. The lowest BCUT2D eigenvalue weighted by Gasteiger charge is -2.25. The lowest BCUT2D eigenvalue weighted by atomic mass is 9.85. The molecule has 0 fully saturated rings. The van der Waals surface area contributed by atoms with E-state index in [1.54, 1.807) is 0 Å². The summed E-state index contributed by atoms with van der Waals surface area (Å²) in [6.07, 6.45) is 0. The van der Waals surface area contributed by atoms with Crippen molar-refractivity contribution < 1.29 is 13.6 Å². The fraction of sp³-hybridized carbons (Fsp3) is 0.562. The minimum absolute atomic E-state index is 0.00439. The van der Waals surface area contributed by atoms with Crippen molar-refractivity contribution in [3.8, 4) is 0 Å². The van der Waals surface area contributed by atoms with Crippen LogP contribution in [0.15, 0.2) is 12.1 Å². The minimum atomic E-state index is -0.771. The number of nitrogens with one attached hydrogen (secondary N) is 2. The van der Waals surface area contributed by atoms with Crippen molar-refractivity contribution in [2.45, 2.75) is 27.7 Å². The summed E-state index contributed by atoms with van der Waals surface area (Å²) in [6, 6.07) is 2.09. The number of carbonyl (C=O) groups excluding carboxylic acids is 1. The highest BCUT2D eigenvalue weighted by molar-refractivity contribution is 5.94. The van der Waals surface area contributed by atoms with Crippen molar-refractivity contribution in [3.05, 3.63) is 29.3 Å². The highest BCUT2D eigenvalue weighted by atomic mass is 19.1. The van der Waals surface area contributed by atoms with Crippen LogP contribution in [-0.4, -0.2) is 19.5 Å². The SMILES string of the molecule is CNc1c(F)cc(C(=O)NCC(C(C)C)C(C)C)cc1F. The number of halogens is 2. The third-order valence-corrected chi connectivity index (χ3v) is 3.77. The molecule has 0 aliphatic rings. The van der Waals surface area contributed by atoms with Crippen molar-refractivity contribution in [2.75, 3.05) is 18.9 Å². The second-order valence-corrected chi connectivity index (χ2v) is 5.93. The van der Waals surface area contributed by atoms with Gasteiger partial charge in [0.15, 0.2) is 0 Å². The lowest BCUT2D eigenvalue weighted by Crippen LogP contribution is -2.34. The van der Waals surface area contributed by atoms with E-state index in [9.17, 15) is 13.6 Å². The van der Waals surface area contributed by atoms with E-state index in [2.05, 4.69) is 38.3 Å². The predicted molar refractivity (Wildman–Crippen MR) is 81.4 cm³/mol. The molecule has 0 saturated heterocycles. The Morgan fingerprint density at radius 3 is 1.95 bits per heavy atom. The van der Waals surface area contributed by atoms with Crippen molar-refractivity contribution in [1.29, 1.82) is 0 Å². The highest BCUT2D eigenvalue weighted by Gasteiger charge is 2.19. The zero-order valence-electron chi connectivity index (χ0n) is 13.3. The fourth-order valence-corrected chi connectivity index (χ4v) is 2.50. The first-order valence-corrected chi connectivity index (χ1v) is 7.22. The Labute approximate surface area is 125 Å². The van der Waals surface area contributed by atoms with Crippen LogP contribution in [0.5, 0.6) is 0 Å². The van der Waals surface area contributed by atoms with Gasteiger partial charge in [-0.3, -0.25) is 4.79 Å². The molecule has 0 atom stereocenters. The van der Waals surface area contributed by atoms with Gasteiger partial charge in [0, 0.05) is 19.2 Å². The molecule has 1 rings (SSSR count). The van der Waals surface area contributed by atoms with Crippen LogP contribution in [0.25, 0.3) is 0 Å². The van der Waals surface area contributed by atoms with E-state index in [0.29, 0.717) is 24.3 Å². The molecule has 2 N–H and O–H groups in total. The fourth-order valence-electron chi connectivity index (χ4n) is 2.50. The van der Waals surface area contributed by atoms with Crippen molar-refractivity contribution in [3.63, 3.8) is 0 Å². The molecular formula is C16H24F2N2O. The third-order valence-electron chi connectivity index (χ3n) is 3.77. The number of benzene rings is 1. The van der Waals surface area contributed by atoms with E-state index >= 15 is 0 Å². The topological polar surface area (TPSA) is 41.1 Å². The van der Waals surface area contributed by atoms with E-state index in [1.807, 2.05) is 0 Å². The summed E-state index contributed by atoms with van der Waals surface area (Å²) < 4.78 is 27.3. The van der Waals surface area contributed by atoms with Crippen molar-refractivity contribution >= 4 is 11.6 Å². The van der Waals surface area contributed by atoms with Gasteiger partial charge in [0.2, 0.25) is 0 Å². The molecule has 0 aromatic heterocycles. The van der Waals surface area contributed by atoms with Crippen LogP contribution >= 0.6 is 0 Å². The summed E-state index contributed by atoms with van der Waals surface area (Å²) >= 11 is 0. The Kier molecular flexibility index (Phi) is 6.12. The molecule has 0 radical (unpaired) electrons. The molecule has 0 bridgehead atoms. The molecule has 3 nitrogen and oxygen atoms in total. The van der Waals surface area contributed by atoms with E-state index in [0.717, 1.165) is 12.1 Å². The molecule has 118 valence electrons. The van der Waals surface area contributed by atoms with E-state index in [-0.39, 0.29) is 11.3 Å². The lowest BCUT2D eigenvalue weighted by molar-refractivity contribution is 0.0936. The highest BCUT2D eigenvalue weighted by Crippen LogP contribution is 2.21. The van der Waals surface area contributed by atoms with Gasteiger partial charge in [0.25, 0.3) is 5.91 Å². The molecule has 0 aliphatic carbocycles. The normalized spacial score (nSPS) is 11.3. The summed E-state index contributed by atoms with van der Waals surface area (Å²) in [5.41, 5.74) is -0.232. The van der Waals surface area contributed by atoms with E-state index in [1.165, 1.54) is 7.05 Å². The molecule has 5 heteroatoms. The first-order chi connectivity index (χ1) is 9.77. The summed E-state index contributed by atoms with van der Waals surface area (Å²) in [5.74, 6) is -0.836. The summed E-state index contributed by atoms with van der Waals surface area (Å²) in [4.78, 5) is 12.0. The van der Waals surface area contributed by atoms with Crippen LogP contribution in [-0.2, 0) is 0 Å². The third kappa shape index (κ3) is 4.41. The Hall–Kier alpha value is -1.65. The Bertz CT molecular complexity index is 470. The summed E-state index contributed by atoms with van der Waals surface area (Å²) in [6.45, 7) is 8.87. The largest absolute Gasteiger partial charge is 0.383 e. The molecular weight excluding hydrogens is 274 g/mol.